The van der Waals surface area contributed by atoms with Gasteiger partial charge in [-0.15, -0.1) is 5.10 Å². The monoisotopic (exact) mass is 606 g/mol. The Hall–Kier alpha value is -4.44. The summed E-state index contributed by atoms with van der Waals surface area (Å²) in [6, 6.07) is 10.6. The molecule has 0 unspecified atom stereocenters. The van der Waals surface area contributed by atoms with Crippen LogP contribution >= 0.6 is 0 Å². The van der Waals surface area contributed by atoms with Crippen LogP contribution < -0.4 is 9.64 Å². The van der Waals surface area contributed by atoms with E-state index in [0.717, 1.165) is 6.07 Å². The smallest absolute Gasteiger partial charge is 0.259 e. The van der Waals surface area contributed by atoms with Gasteiger partial charge in [0.25, 0.3) is 5.91 Å². The number of aliphatic hydroxyl groups excluding tert-OH is 3. The summed E-state index contributed by atoms with van der Waals surface area (Å²) in [4.78, 5) is 15.8. The summed E-state index contributed by atoms with van der Waals surface area (Å²) < 4.78 is 32.7. The highest BCUT2D eigenvalue weighted by Crippen LogP contribution is 2.37. The van der Waals surface area contributed by atoms with Crippen LogP contribution in [-0.4, -0.2) is 93.6 Å². The van der Waals surface area contributed by atoms with Crippen molar-refractivity contribution in [2.45, 2.75) is 61.9 Å². The average molecular weight is 607 g/mol. The number of hydrogen-bond acceptors (Lipinski definition) is 11. The van der Waals surface area contributed by atoms with Crippen LogP contribution in [0.3, 0.4) is 0 Å². The predicted octanol–water partition coefficient (Wildman–Crippen LogP) is 1.46. The molecule has 0 radical (unpaired) electrons. The van der Waals surface area contributed by atoms with E-state index in [1.165, 1.54) is 54.3 Å². The third-order valence-electron chi connectivity index (χ3n) is 8.13. The van der Waals surface area contributed by atoms with Gasteiger partial charge in [-0.05, 0) is 43.5 Å². The fourth-order valence-corrected chi connectivity index (χ4v) is 5.93. The number of ether oxygens (including phenoxy) is 3. The molecule has 7 atom stereocenters. The molecule has 1 saturated heterocycles. The maximum Gasteiger partial charge on any atom is 0.259 e. The second-order valence-electron chi connectivity index (χ2n) is 10.7. The molecule has 2 heterocycles. The molecular weight excluding hydrogens is 575 g/mol. The average Bonchev–Trinajstić information content (AvgIpc) is 3.70. The van der Waals surface area contributed by atoms with Crippen LogP contribution in [0.25, 0.3) is 11.3 Å². The summed E-state index contributed by atoms with van der Waals surface area (Å²) in [5, 5.41) is 59.1. The third-order valence-corrected chi connectivity index (χ3v) is 8.13. The van der Waals surface area contributed by atoms with Crippen molar-refractivity contribution < 1.29 is 38.7 Å². The largest absolute Gasteiger partial charge is 0.497 e. The zero-order valence-corrected chi connectivity index (χ0v) is 23.9. The lowest BCUT2D eigenvalue weighted by Gasteiger charge is -2.45. The van der Waals surface area contributed by atoms with E-state index in [9.17, 15) is 29.8 Å². The molecular formula is C30H31FN6O7. The number of benzene rings is 2. The number of hydrogen-bond donors (Lipinski definition) is 3. The maximum atomic E-state index is 14.5. The Labute approximate surface area is 252 Å². The topological polar surface area (TPSA) is 187 Å². The van der Waals surface area contributed by atoms with Crippen LogP contribution in [0, 0.1) is 28.5 Å². The van der Waals surface area contributed by atoms with Gasteiger partial charge in [0, 0.05) is 24.4 Å². The normalized spacial score (nSPS) is 26.5. The highest BCUT2D eigenvalue weighted by molar-refractivity contribution is 5.98. The summed E-state index contributed by atoms with van der Waals surface area (Å²) in [5.41, 5.74) is 0.934. The molecule has 0 bridgehead atoms. The highest BCUT2D eigenvalue weighted by Gasteiger charge is 2.52. The van der Waals surface area contributed by atoms with Crippen LogP contribution in [0.2, 0.25) is 0 Å². The van der Waals surface area contributed by atoms with E-state index in [1.54, 1.807) is 12.1 Å². The second kappa shape index (κ2) is 13.1. The molecule has 0 spiro atoms. The Morgan fingerprint density at radius 1 is 1.18 bits per heavy atom. The number of nitrogens with zero attached hydrogens (tertiary/aromatic N) is 6. The molecule has 2 aliphatic rings. The first kappa shape index (κ1) is 31.0. The van der Waals surface area contributed by atoms with E-state index in [0.29, 0.717) is 36.3 Å². The SMILES string of the molecule is COc1cc(C#N)cc(N(C(=O)[C@@H]2O[C@H](CO)[C@H](O)[C@H](n3cc(-c4ccc(C#N)c(F)c4)nn3)[C@H]2OC)[C@@H]2CCC[C@H]2O)c1. The number of anilines is 1. The first-order valence-corrected chi connectivity index (χ1v) is 13.9. The molecule has 3 N–H and O–H groups in total. The molecule has 3 aromatic rings. The molecule has 2 aromatic carbocycles. The number of halogens is 1. The van der Waals surface area contributed by atoms with Crippen molar-refractivity contribution in [1.82, 2.24) is 15.0 Å². The van der Waals surface area contributed by atoms with Gasteiger partial charge in [0.15, 0.2) is 6.10 Å². The van der Waals surface area contributed by atoms with Gasteiger partial charge in [-0.25, -0.2) is 9.07 Å². The molecule has 1 amide bonds. The van der Waals surface area contributed by atoms with Gasteiger partial charge in [-0.3, -0.25) is 4.79 Å². The van der Waals surface area contributed by atoms with Crippen molar-refractivity contribution in [3.8, 4) is 29.1 Å². The van der Waals surface area contributed by atoms with Crippen molar-refractivity contribution in [3.05, 3.63) is 59.5 Å². The number of aromatic nitrogens is 3. The van der Waals surface area contributed by atoms with Gasteiger partial charge in [-0.1, -0.05) is 11.3 Å². The zero-order valence-electron chi connectivity index (χ0n) is 23.9. The first-order valence-electron chi connectivity index (χ1n) is 13.9. The number of carbonyl (C=O) groups excluding carboxylic acids is 1. The lowest BCUT2D eigenvalue weighted by Crippen LogP contribution is -2.62. The van der Waals surface area contributed by atoms with Crippen LogP contribution in [0.1, 0.15) is 36.4 Å². The van der Waals surface area contributed by atoms with Gasteiger partial charge in [-0.2, -0.15) is 10.5 Å². The minimum absolute atomic E-state index is 0.137. The summed E-state index contributed by atoms with van der Waals surface area (Å²) in [7, 11) is 2.76. The number of nitriles is 2. The van der Waals surface area contributed by atoms with Gasteiger partial charge < -0.3 is 34.4 Å². The van der Waals surface area contributed by atoms with E-state index in [1.807, 2.05) is 0 Å². The van der Waals surface area contributed by atoms with Gasteiger partial charge >= 0.3 is 0 Å². The lowest BCUT2D eigenvalue weighted by molar-refractivity contribution is -0.211. The van der Waals surface area contributed by atoms with E-state index >= 15 is 0 Å². The molecule has 14 heteroatoms. The van der Waals surface area contributed by atoms with Crippen molar-refractivity contribution in [1.29, 1.82) is 10.5 Å². The number of amides is 1. The summed E-state index contributed by atoms with van der Waals surface area (Å²) in [6.45, 7) is -0.649. The molecule has 230 valence electrons. The van der Waals surface area contributed by atoms with E-state index in [-0.39, 0.29) is 16.8 Å². The summed E-state index contributed by atoms with van der Waals surface area (Å²) in [6.07, 6.45) is -3.07. The fourth-order valence-electron chi connectivity index (χ4n) is 5.93. The molecule has 44 heavy (non-hydrogen) atoms. The molecule has 5 rings (SSSR count). The van der Waals surface area contributed by atoms with E-state index in [4.69, 9.17) is 19.5 Å². The number of aliphatic hydroxyl groups is 3. The maximum absolute atomic E-state index is 14.5. The molecule has 1 saturated carbocycles. The van der Waals surface area contributed by atoms with Gasteiger partial charge in [0.05, 0.1) is 49.3 Å². The van der Waals surface area contributed by atoms with Gasteiger partial charge in [0.2, 0.25) is 0 Å². The molecule has 2 fully saturated rings. The van der Waals surface area contributed by atoms with Crippen LogP contribution in [0.4, 0.5) is 10.1 Å². The molecule has 1 aliphatic heterocycles. The number of rotatable bonds is 8. The van der Waals surface area contributed by atoms with Crippen molar-refractivity contribution in [2.24, 2.45) is 0 Å². The summed E-state index contributed by atoms with van der Waals surface area (Å²) >= 11 is 0. The van der Waals surface area contributed by atoms with Crippen LogP contribution in [-0.2, 0) is 14.3 Å². The Morgan fingerprint density at radius 3 is 2.59 bits per heavy atom. The third kappa shape index (κ3) is 5.74. The predicted molar refractivity (Wildman–Crippen MR) is 151 cm³/mol. The lowest BCUT2D eigenvalue weighted by atomic mass is 9.91. The van der Waals surface area contributed by atoms with E-state index < -0.39 is 60.9 Å². The standard InChI is InChI=1S/C30H31FN6O7/c1-42-20-9-16(12-32)8-19(11-20)37(23-4-3-5-24(23)39)30(41)29-28(43-2)26(27(40)25(15-38)44-29)36-14-22(34-35-36)17-6-7-18(13-33)21(31)10-17/h6-11,14,23-29,38-40H,3-5,15H2,1-2H3/t23-,24-,25-,26+,27+,28-,29-/m1/s1. The Balaban J connectivity index is 1.55. The fraction of sp³-hybridized carbons (Fsp3) is 0.433. The summed E-state index contributed by atoms with van der Waals surface area (Å²) in [5.74, 6) is -1.05. The highest BCUT2D eigenvalue weighted by atomic mass is 19.1. The van der Waals surface area contributed by atoms with E-state index in [2.05, 4.69) is 16.4 Å². The van der Waals surface area contributed by atoms with Crippen molar-refractivity contribution in [2.75, 3.05) is 25.7 Å². The number of methoxy groups -OCH3 is 2. The zero-order chi connectivity index (χ0) is 31.5. The second-order valence-corrected chi connectivity index (χ2v) is 10.7. The van der Waals surface area contributed by atoms with Crippen molar-refractivity contribution in [3.63, 3.8) is 0 Å². The molecule has 1 aromatic heterocycles. The Bertz CT molecular complexity index is 1600. The van der Waals surface area contributed by atoms with Crippen LogP contribution in [0.15, 0.2) is 42.6 Å². The Kier molecular flexibility index (Phi) is 9.20. The minimum atomic E-state index is -1.41. The first-order chi connectivity index (χ1) is 21.2. The number of carbonyl (C=O) groups is 1. The quantitative estimate of drug-likeness (QED) is 0.337. The molecule has 1 aliphatic carbocycles. The van der Waals surface area contributed by atoms with Crippen LogP contribution in [0.5, 0.6) is 5.75 Å². The molecule has 13 nitrogen and oxygen atoms in total. The minimum Gasteiger partial charge on any atom is -0.497 e. The van der Waals surface area contributed by atoms with Crippen molar-refractivity contribution >= 4 is 11.6 Å². The Morgan fingerprint density at radius 2 is 1.98 bits per heavy atom. The van der Waals surface area contributed by atoms with Gasteiger partial charge in [0.1, 0.15) is 47.7 Å².